The molecule has 0 saturated heterocycles. The predicted octanol–water partition coefficient (Wildman–Crippen LogP) is 0.963. The maximum atomic E-state index is 11.4. The van der Waals surface area contributed by atoms with Crippen molar-refractivity contribution < 1.29 is 14.3 Å². The number of nitrogens with two attached hydrogens (primary N) is 1. The number of rotatable bonds is 8. The summed E-state index contributed by atoms with van der Waals surface area (Å²) in [5.41, 5.74) is 6.51. The first-order valence-corrected chi connectivity index (χ1v) is 7.10. The Kier molecular flexibility index (Phi) is 7.77. The Bertz CT molecular complexity index is 486. The van der Waals surface area contributed by atoms with Gasteiger partial charge in [0, 0.05) is 19.3 Å². The first-order chi connectivity index (χ1) is 10.5. The Hall–Kier alpha value is -2.28. The third-order valence-electron chi connectivity index (χ3n) is 2.52. The van der Waals surface area contributed by atoms with Crippen LogP contribution in [0.3, 0.4) is 0 Å². The van der Waals surface area contributed by atoms with Crippen LogP contribution in [0.15, 0.2) is 29.3 Å². The Balaban J connectivity index is 2.41. The summed E-state index contributed by atoms with van der Waals surface area (Å²) in [7, 11) is 1.57. The predicted molar refractivity (Wildman–Crippen MR) is 87.2 cm³/mol. The molecule has 0 aliphatic rings. The molecular weight excluding hydrogens is 284 g/mol. The van der Waals surface area contributed by atoms with Gasteiger partial charge in [-0.15, -0.1) is 0 Å². The Labute approximate surface area is 130 Å². The second-order valence-electron chi connectivity index (χ2n) is 4.86. The fraction of sp³-hybridized carbons (Fsp3) is 0.467. The van der Waals surface area contributed by atoms with Crippen LogP contribution >= 0.6 is 0 Å². The van der Waals surface area contributed by atoms with E-state index in [1.165, 1.54) is 0 Å². The van der Waals surface area contributed by atoms with Gasteiger partial charge in [-0.25, -0.2) is 4.99 Å². The molecule has 1 aromatic carbocycles. The standard InChI is InChI=1S/C15H24N4O3/c1-11(2)22-13-6-4-12(5-7-13)19-15(16)18-10-14(20)17-8-9-21-3/h4-7,11H,8-10H2,1-3H3,(H,17,20)(H3,16,18,19). The van der Waals surface area contributed by atoms with E-state index in [1.54, 1.807) is 7.11 Å². The summed E-state index contributed by atoms with van der Waals surface area (Å²) in [5.74, 6) is 0.760. The minimum absolute atomic E-state index is 0.0307. The number of aliphatic imine (C=N–C) groups is 1. The highest BCUT2D eigenvalue weighted by Gasteiger charge is 2.01. The first kappa shape index (κ1) is 17.8. The number of nitrogens with one attached hydrogen (secondary N) is 2. The Morgan fingerprint density at radius 2 is 2.00 bits per heavy atom. The normalized spacial score (nSPS) is 11.4. The quantitative estimate of drug-likeness (QED) is 0.377. The molecule has 0 radical (unpaired) electrons. The molecule has 122 valence electrons. The molecule has 1 rings (SSSR count). The fourth-order valence-corrected chi connectivity index (χ4v) is 1.58. The van der Waals surface area contributed by atoms with Crippen molar-refractivity contribution in [1.29, 1.82) is 0 Å². The van der Waals surface area contributed by atoms with Crippen LogP contribution in [0.1, 0.15) is 13.8 Å². The van der Waals surface area contributed by atoms with Crippen LogP contribution < -0.4 is 21.1 Å². The second-order valence-corrected chi connectivity index (χ2v) is 4.86. The largest absolute Gasteiger partial charge is 0.491 e. The lowest BCUT2D eigenvalue weighted by Crippen LogP contribution is -2.31. The van der Waals surface area contributed by atoms with Crippen molar-refractivity contribution in [3.8, 4) is 5.75 Å². The molecule has 7 heteroatoms. The molecule has 0 saturated carbocycles. The van der Waals surface area contributed by atoms with Gasteiger partial charge in [0.05, 0.1) is 12.7 Å². The van der Waals surface area contributed by atoms with Gasteiger partial charge in [-0.1, -0.05) is 0 Å². The van der Waals surface area contributed by atoms with Crippen LogP contribution in [0.25, 0.3) is 0 Å². The van der Waals surface area contributed by atoms with Gasteiger partial charge in [-0.3, -0.25) is 4.79 Å². The van der Waals surface area contributed by atoms with E-state index in [0.29, 0.717) is 13.2 Å². The van der Waals surface area contributed by atoms with Crippen molar-refractivity contribution >= 4 is 17.6 Å². The van der Waals surface area contributed by atoms with Crippen molar-refractivity contribution in [2.45, 2.75) is 20.0 Å². The number of ether oxygens (including phenoxy) is 2. The maximum Gasteiger partial charge on any atom is 0.241 e. The van der Waals surface area contributed by atoms with E-state index in [2.05, 4.69) is 15.6 Å². The summed E-state index contributed by atoms with van der Waals surface area (Å²) in [5, 5.41) is 5.57. The summed E-state index contributed by atoms with van der Waals surface area (Å²) in [6.07, 6.45) is 0.127. The highest BCUT2D eigenvalue weighted by molar-refractivity contribution is 5.93. The summed E-state index contributed by atoms with van der Waals surface area (Å²) in [4.78, 5) is 15.4. The average Bonchev–Trinajstić information content (AvgIpc) is 2.47. The number of benzene rings is 1. The van der Waals surface area contributed by atoms with Gasteiger partial charge < -0.3 is 25.8 Å². The van der Waals surface area contributed by atoms with Crippen molar-refractivity contribution in [2.24, 2.45) is 10.7 Å². The third-order valence-corrected chi connectivity index (χ3v) is 2.52. The van der Waals surface area contributed by atoms with Crippen LogP contribution in [0.5, 0.6) is 5.75 Å². The van der Waals surface area contributed by atoms with E-state index in [0.717, 1.165) is 11.4 Å². The van der Waals surface area contributed by atoms with Gasteiger partial charge in [0.1, 0.15) is 12.3 Å². The highest BCUT2D eigenvalue weighted by atomic mass is 16.5. The molecule has 0 fully saturated rings. The first-order valence-electron chi connectivity index (χ1n) is 7.10. The summed E-state index contributed by atoms with van der Waals surface area (Å²) in [6.45, 7) is 4.82. The number of carbonyl (C=O) groups is 1. The van der Waals surface area contributed by atoms with E-state index in [1.807, 2.05) is 38.1 Å². The minimum atomic E-state index is -0.206. The van der Waals surface area contributed by atoms with Crippen molar-refractivity contribution in [1.82, 2.24) is 5.32 Å². The van der Waals surface area contributed by atoms with Crippen LogP contribution in [-0.2, 0) is 9.53 Å². The number of carbonyl (C=O) groups excluding carboxylic acids is 1. The van der Waals surface area contributed by atoms with Gasteiger partial charge in [-0.05, 0) is 38.1 Å². The molecule has 0 bridgehead atoms. The van der Waals surface area contributed by atoms with Crippen LogP contribution in [-0.4, -0.2) is 44.8 Å². The van der Waals surface area contributed by atoms with Crippen LogP contribution in [0, 0.1) is 0 Å². The van der Waals surface area contributed by atoms with Gasteiger partial charge in [0.2, 0.25) is 5.91 Å². The Morgan fingerprint density at radius 3 is 2.59 bits per heavy atom. The third kappa shape index (κ3) is 7.49. The SMILES string of the molecule is COCCNC(=O)CN=C(N)Nc1ccc(OC(C)C)cc1. The van der Waals surface area contributed by atoms with Gasteiger partial charge in [0.15, 0.2) is 5.96 Å². The van der Waals surface area contributed by atoms with Crippen LogP contribution in [0.4, 0.5) is 5.69 Å². The molecule has 4 N–H and O–H groups in total. The van der Waals surface area contributed by atoms with Gasteiger partial charge >= 0.3 is 0 Å². The summed E-state index contributed by atoms with van der Waals surface area (Å²) in [6, 6.07) is 7.34. The molecular formula is C15H24N4O3. The monoisotopic (exact) mass is 308 g/mol. The van der Waals surface area contributed by atoms with E-state index >= 15 is 0 Å². The molecule has 0 spiro atoms. The van der Waals surface area contributed by atoms with E-state index in [9.17, 15) is 4.79 Å². The molecule has 7 nitrogen and oxygen atoms in total. The molecule has 1 aromatic rings. The van der Waals surface area contributed by atoms with E-state index in [-0.39, 0.29) is 24.5 Å². The molecule has 0 unspecified atom stereocenters. The number of hydrogen-bond acceptors (Lipinski definition) is 4. The highest BCUT2D eigenvalue weighted by Crippen LogP contribution is 2.16. The average molecular weight is 308 g/mol. The lowest BCUT2D eigenvalue weighted by Gasteiger charge is -2.11. The molecule has 0 aromatic heterocycles. The zero-order valence-corrected chi connectivity index (χ0v) is 13.3. The van der Waals surface area contributed by atoms with Crippen molar-refractivity contribution in [3.05, 3.63) is 24.3 Å². The van der Waals surface area contributed by atoms with Crippen molar-refractivity contribution in [2.75, 3.05) is 32.1 Å². The number of nitrogens with zero attached hydrogens (tertiary/aromatic N) is 1. The summed E-state index contributed by atoms with van der Waals surface area (Å²) < 4.78 is 10.4. The van der Waals surface area contributed by atoms with Crippen LogP contribution in [0.2, 0.25) is 0 Å². The molecule has 0 aliphatic heterocycles. The van der Waals surface area contributed by atoms with Crippen molar-refractivity contribution in [3.63, 3.8) is 0 Å². The minimum Gasteiger partial charge on any atom is -0.491 e. The number of anilines is 1. The zero-order valence-electron chi connectivity index (χ0n) is 13.3. The molecule has 0 aliphatic carbocycles. The maximum absolute atomic E-state index is 11.4. The van der Waals surface area contributed by atoms with E-state index < -0.39 is 0 Å². The van der Waals surface area contributed by atoms with E-state index in [4.69, 9.17) is 15.2 Å². The summed E-state index contributed by atoms with van der Waals surface area (Å²) >= 11 is 0. The second kappa shape index (κ2) is 9.62. The molecule has 22 heavy (non-hydrogen) atoms. The molecule has 0 heterocycles. The lowest BCUT2D eigenvalue weighted by atomic mass is 10.3. The molecule has 0 atom stereocenters. The topological polar surface area (TPSA) is 98.0 Å². The Morgan fingerprint density at radius 1 is 1.32 bits per heavy atom. The smallest absolute Gasteiger partial charge is 0.241 e. The van der Waals surface area contributed by atoms with Gasteiger partial charge in [0.25, 0.3) is 0 Å². The number of amides is 1. The lowest BCUT2D eigenvalue weighted by molar-refractivity contribution is -0.119. The number of methoxy groups -OCH3 is 1. The zero-order chi connectivity index (χ0) is 16.4. The number of guanidine groups is 1. The fourth-order valence-electron chi connectivity index (χ4n) is 1.58. The molecule has 1 amide bonds. The number of hydrogen-bond donors (Lipinski definition) is 3. The van der Waals surface area contributed by atoms with Gasteiger partial charge in [-0.2, -0.15) is 0 Å².